The van der Waals surface area contributed by atoms with Crippen LogP contribution in [0, 0.1) is 11.6 Å². The molecular formula is C24H24F2N4O. The highest BCUT2D eigenvalue weighted by atomic mass is 19.1. The predicted molar refractivity (Wildman–Crippen MR) is 115 cm³/mol. The molecule has 0 radical (unpaired) electrons. The number of anilines is 1. The number of benzene rings is 1. The maximum absolute atomic E-state index is 13.9. The number of likely N-dealkylation sites (tertiary alicyclic amines) is 1. The molecule has 1 atom stereocenters. The van der Waals surface area contributed by atoms with E-state index in [1.807, 2.05) is 17.0 Å². The quantitative estimate of drug-likeness (QED) is 0.662. The van der Waals surface area contributed by atoms with Gasteiger partial charge in [-0.25, -0.2) is 13.8 Å². The lowest BCUT2D eigenvalue weighted by molar-refractivity contribution is 0.0706. The van der Waals surface area contributed by atoms with Crippen LogP contribution in [-0.4, -0.2) is 40.9 Å². The molecule has 0 bridgehead atoms. The Kier molecular flexibility index (Phi) is 6.21. The standard InChI is InChI=1S/C24H24F2N4O/c1-27-23-13-17(9-10-28-23)24(31)30-11-3-4-18(15-30)22-8-7-16(14-29-22)12-19-20(25)5-2-6-21(19)26/h2,5-10,13-14,18H,3-4,11-12,15H2,1H3,(H,27,28)/t18-/m0/s1. The van der Waals surface area contributed by atoms with Gasteiger partial charge < -0.3 is 10.2 Å². The molecule has 4 rings (SSSR count). The Hall–Kier alpha value is -3.35. The van der Waals surface area contributed by atoms with Crippen LogP contribution in [0.3, 0.4) is 0 Å². The monoisotopic (exact) mass is 422 g/mol. The van der Waals surface area contributed by atoms with E-state index < -0.39 is 11.6 Å². The summed E-state index contributed by atoms with van der Waals surface area (Å²) in [5.74, 6) is -0.341. The van der Waals surface area contributed by atoms with Crippen molar-refractivity contribution in [3.8, 4) is 0 Å². The summed E-state index contributed by atoms with van der Waals surface area (Å²) in [6.45, 7) is 1.29. The Morgan fingerprint density at radius 1 is 1.16 bits per heavy atom. The van der Waals surface area contributed by atoms with Gasteiger partial charge in [-0.05, 0) is 48.7 Å². The van der Waals surface area contributed by atoms with Crippen molar-refractivity contribution in [1.29, 1.82) is 0 Å². The zero-order chi connectivity index (χ0) is 21.8. The van der Waals surface area contributed by atoms with Crippen LogP contribution in [0.2, 0.25) is 0 Å². The van der Waals surface area contributed by atoms with Gasteiger partial charge in [0.15, 0.2) is 0 Å². The van der Waals surface area contributed by atoms with Crippen molar-refractivity contribution in [2.24, 2.45) is 0 Å². The van der Waals surface area contributed by atoms with Crippen LogP contribution in [0.4, 0.5) is 14.6 Å². The molecule has 5 nitrogen and oxygen atoms in total. The number of pyridine rings is 2. The van der Waals surface area contributed by atoms with Gasteiger partial charge in [-0.2, -0.15) is 0 Å². The maximum Gasteiger partial charge on any atom is 0.254 e. The number of nitrogens with one attached hydrogen (secondary N) is 1. The summed E-state index contributed by atoms with van der Waals surface area (Å²) in [4.78, 5) is 23.5. The first-order chi connectivity index (χ1) is 15.0. The molecule has 1 aliphatic rings. The van der Waals surface area contributed by atoms with E-state index in [1.165, 1.54) is 18.2 Å². The second kappa shape index (κ2) is 9.20. The van der Waals surface area contributed by atoms with Gasteiger partial charge in [-0.15, -0.1) is 0 Å². The van der Waals surface area contributed by atoms with Gasteiger partial charge in [0.2, 0.25) is 0 Å². The van der Waals surface area contributed by atoms with Crippen molar-refractivity contribution in [2.45, 2.75) is 25.2 Å². The summed E-state index contributed by atoms with van der Waals surface area (Å²) >= 11 is 0. The van der Waals surface area contributed by atoms with E-state index in [0.717, 1.165) is 24.1 Å². The molecule has 1 amide bonds. The first-order valence-corrected chi connectivity index (χ1v) is 10.4. The fourth-order valence-corrected chi connectivity index (χ4v) is 3.97. The summed E-state index contributed by atoms with van der Waals surface area (Å²) in [6, 6.07) is 11.1. The molecule has 31 heavy (non-hydrogen) atoms. The number of carbonyl (C=O) groups is 1. The topological polar surface area (TPSA) is 58.1 Å². The van der Waals surface area contributed by atoms with Crippen LogP contribution in [0.25, 0.3) is 0 Å². The Labute approximate surface area is 180 Å². The van der Waals surface area contributed by atoms with Gasteiger partial charge in [0.25, 0.3) is 5.91 Å². The molecule has 1 N–H and O–H groups in total. The van der Waals surface area contributed by atoms with E-state index in [4.69, 9.17) is 0 Å². The highest BCUT2D eigenvalue weighted by Gasteiger charge is 2.26. The highest BCUT2D eigenvalue weighted by molar-refractivity contribution is 5.95. The summed E-state index contributed by atoms with van der Waals surface area (Å²) in [6.07, 6.45) is 5.28. The lowest BCUT2D eigenvalue weighted by atomic mass is 9.93. The average molecular weight is 422 g/mol. The number of amides is 1. The minimum Gasteiger partial charge on any atom is -0.373 e. The SMILES string of the molecule is CNc1cc(C(=O)N2CCC[C@H](c3ccc(Cc4c(F)cccc4F)cn3)C2)ccn1. The number of hydrogen-bond donors (Lipinski definition) is 1. The van der Waals surface area contributed by atoms with Crippen molar-refractivity contribution in [3.05, 3.63) is 88.9 Å². The van der Waals surface area contributed by atoms with Gasteiger partial charge in [0, 0.05) is 61.7 Å². The van der Waals surface area contributed by atoms with E-state index in [-0.39, 0.29) is 23.8 Å². The smallest absolute Gasteiger partial charge is 0.254 e. The molecule has 1 aliphatic heterocycles. The van der Waals surface area contributed by atoms with E-state index in [0.29, 0.717) is 24.5 Å². The van der Waals surface area contributed by atoms with Crippen molar-refractivity contribution >= 4 is 11.7 Å². The summed E-state index contributed by atoms with van der Waals surface area (Å²) < 4.78 is 27.8. The third-order valence-corrected chi connectivity index (χ3v) is 5.68. The highest BCUT2D eigenvalue weighted by Crippen LogP contribution is 2.27. The lowest BCUT2D eigenvalue weighted by Gasteiger charge is -2.32. The number of nitrogens with zero attached hydrogens (tertiary/aromatic N) is 3. The molecule has 1 fully saturated rings. The predicted octanol–water partition coefficient (Wildman–Crippen LogP) is 4.41. The fourth-order valence-electron chi connectivity index (χ4n) is 3.97. The summed E-state index contributed by atoms with van der Waals surface area (Å²) in [5, 5.41) is 2.95. The number of aromatic nitrogens is 2. The van der Waals surface area contributed by atoms with Gasteiger partial charge in [-0.1, -0.05) is 12.1 Å². The number of piperidine rings is 1. The Morgan fingerprint density at radius 2 is 1.97 bits per heavy atom. The second-order valence-corrected chi connectivity index (χ2v) is 7.74. The summed E-state index contributed by atoms with van der Waals surface area (Å²) in [5.41, 5.74) is 2.29. The second-order valence-electron chi connectivity index (χ2n) is 7.74. The van der Waals surface area contributed by atoms with Crippen molar-refractivity contribution < 1.29 is 13.6 Å². The molecule has 2 aromatic heterocycles. The van der Waals surface area contributed by atoms with E-state index in [9.17, 15) is 13.6 Å². The number of carbonyl (C=O) groups excluding carboxylic acids is 1. The van der Waals surface area contributed by atoms with Gasteiger partial charge in [-0.3, -0.25) is 9.78 Å². The largest absolute Gasteiger partial charge is 0.373 e. The molecule has 3 aromatic rings. The molecule has 0 aliphatic carbocycles. The third-order valence-electron chi connectivity index (χ3n) is 5.68. The molecule has 3 heterocycles. The van der Waals surface area contributed by atoms with E-state index in [2.05, 4.69) is 15.3 Å². The normalized spacial score (nSPS) is 16.2. The number of rotatable bonds is 5. The Balaban J connectivity index is 1.45. The van der Waals surface area contributed by atoms with Gasteiger partial charge in [0.05, 0.1) is 0 Å². The zero-order valence-electron chi connectivity index (χ0n) is 17.3. The van der Waals surface area contributed by atoms with Gasteiger partial charge in [0.1, 0.15) is 17.5 Å². The molecule has 0 unspecified atom stereocenters. The minimum absolute atomic E-state index is 0.0183. The first-order valence-electron chi connectivity index (χ1n) is 10.4. The van der Waals surface area contributed by atoms with E-state index in [1.54, 1.807) is 31.6 Å². The lowest BCUT2D eigenvalue weighted by Crippen LogP contribution is -2.39. The van der Waals surface area contributed by atoms with Crippen molar-refractivity contribution in [3.63, 3.8) is 0 Å². The van der Waals surface area contributed by atoms with Crippen LogP contribution in [0.1, 0.15) is 45.9 Å². The average Bonchev–Trinajstić information content (AvgIpc) is 2.81. The molecule has 0 saturated carbocycles. The van der Waals surface area contributed by atoms with Crippen molar-refractivity contribution in [2.75, 3.05) is 25.5 Å². The summed E-state index contributed by atoms with van der Waals surface area (Å²) in [7, 11) is 1.77. The molecule has 1 aromatic carbocycles. The zero-order valence-corrected chi connectivity index (χ0v) is 17.3. The molecule has 160 valence electrons. The van der Waals surface area contributed by atoms with Crippen LogP contribution in [-0.2, 0) is 6.42 Å². The molecule has 7 heteroatoms. The van der Waals surface area contributed by atoms with Crippen LogP contribution in [0.5, 0.6) is 0 Å². The molecular weight excluding hydrogens is 398 g/mol. The number of halogens is 2. The first kappa shape index (κ1) is 20.9. The molecule has 0 spiro atoms. The molecule has 1 saturated heterocycles. The Bertz CT molecular complexity index is 1050. The fraction of sp³-hybridized carbons (Fsp3) is 0.292. The van der Waals surface area contributed by atoms with Crippen LogP contribution in [0.15, 0.2) is 54.9 Å². The minimum atomic E-state index is -0.553. The van der Waals surface area contributed by atoms with E-state index >= 15 is 0 Å². The maximum atomic E-state index is 13.9. The van der Waals surface area contributed by atoms with Crippen LogP contribution >= 0.6 is 0 Å². The Morgan fingerprint density at radius 3 is 2.68 bits per heavy atom. The van der Waals surface area contributed by atoms with Crippen molar-refractivity contribution in [1.82, 2.24) is 14.9 Å². The number of hydrogen-bond acceptors (Lipinski definition) is 4. The third kappa shape index (κ3) is 4.71. The van der Waals surface area contributed by atoms with Crippen LogP contribution < -0.4 is 5.32 Å². The van der Waals surface area contributed by atoms with Gasteiger partial charge >= 0.3 is 0 Å².